The quantitative estimate of drug-likeness (QED) is 0.217. The van der Waals surface area contributed by atoms with E-state index in [0.717, 1.165) is 66.8 Å². The second-order valence-corrected chi connectivity index (χ2v) is 9.98. The van der Waals surface area contributed by atoms with E-state index in [2.05, 4.69) is 129 Å². The fourth-order valence-electron chi connectivity index (χ4n) is 5.26. The number of para-hydroxylation sites is 1. The van der Waals surface area contributed by atoms with Crippen LogP contribution >= 0.6 is 0 Å². The van der Waals surface area contributed by atoms with Crippen molar-refractivity contribution in [2.45, 2.75) is 52.5 Å². The van der Waals surface area contributed by atoms with Gasteiger partial charge < -0.3 is 10.2 Å². The van der Waals surface area contributed by atoms with E-state index in [1.54, 1.807) is 0 Å². The maximum atomic E-state index is 5.22. The monoisotopic (exact) mass is 491 g/mol. The highest BCUT2D eigenvalue weighted by atomic mass is 15.1. The highest BCUT2D eigenvalue weighted by Crippen LogP contribution is 2.36. The number of nitrogens with zero attached hydrogens (tertiary/aromatic N) is 2. The molecule has 1 atom stereocenters. The minimum Gasteiger partial charge on any atom is -0.376 e. The first kappa shape index (κ1) is 26.6. The Labute approximate surface area is 223 Å². The summed E-state index contributed by atoms with van der Waals surface area (Å²) in [6, 6.07) is 29.8. The molecule has 0 spiro atoms. The van der Waals surface area contributed by atoms with Gasteiger partial charge in [0, 0.05) is 22.2 Å². The summed E-state index contributed by atoms with van der Waals surface area (Å²) < 4.78 is 0. The maximum absolute atomic E-state index is 5.22. The molecule has 0 aliphatic rings. The molecule has 192 valence electrons. The van der Waals surface area contributed by atoms with Gasteiger partial charge in [-0.2, -0.15) is 0 Å². The van der Waals surface area contributed by atoms with Gasteiger partial charge in [-0.1, -0.05) is 106 Å². The van der Waals surface area contributed by atoms with Gasteiger partial charge >= 0.3 is 0 Å². The minimum absolute atomic E-state index is 0.228. The van der Waals surface area contributed by atoms with E-state index in [9.17, 15) is 0 Å². The van der Waals surface area contributed by atoms with E-state index in [0.29, 0.717) is 0 Å². The van der Waals surface area contributed by atoms with Crippen LogP contribution in [0.2, 0.25) is 0 Å². The van der Waals surface area contributed by atoms with Gasteiger partial charge in [-0.05, 0) is 63.0 Å². The molecule has 3 aromatic carbocycles. The molecule has 0 radical (unpaired) electrons. The standard InChI is InChI=1S/C34H41N3/c1-6-34(5,28-20-13-10-14-21-28)36-26(4)32-29-22-15-16-24-31(29)35-33(27-18-11-9-12-19-27)30(32)23-17-25-37(7-2)8-3/h9-16,18-22,24,36H,4,6-8,17,23,25H2,1-3,5H3. The van der Waals surface area contributed by atoms with Gasteiger partial charge in [0.1, 0.15) is 0 Å². The Morgan fingerprint density at radius 1 is 0.865 bits per heavy atom. The van der Waals surface area contributed by atoms with Gasteiger partial charge in [-0.15, -0.1) is 0 Å². The van der Waals surface area contributed by atoms with E-state index in [1.165, 1.54) is 16.7 Å². The molecule has 0 fully saturated rings. The van der Waals surface area contributed by atoms with Gasteiger partial charge in [0.05, 0.1) is 16.7 Å². The van der Waals surface area contributed by atoms with E-state index >= 15 is 0 Å². The Morgan fingerprint density at radius 2 is 1.49 bits per heavy atom. The fourth-order valence-corrected chi connectivity index (χ4v) is 5.26. The third-order valence-electron chi connectivity index (χ3n) is 7.68. The average molecular weight is 492 g/mol. The Hall–Kier alpha value is -3.43. The summed E-state index contributed by atoms with van der Waals surface area (Å²) in [6.45, 7) is 16.9. The minimum atomic E-state index is -0.228. The van der Waals surface area contributed by atoms with Crippen molar-refractivity contribution in [3.63, 3.8) is 0 Å². The molecule has 1 N–H and O–H groups in total. The molecule has 4 aromatic rings. The highest BCUT2D eigenvalue weighted by molar-refractivity contribution is 5.95. The molecule has 0 aliphatic carbocycles. The molecule has 3 heteroatoms. The van der Waals surface area contributed by atoms with E-state index in [1.807, 2.05) is 0 Å². The van der Waals surface area contributed by atoms with Gasteiger partial charge in [-0.25, -0.2) is 4.98 Å². The van der Waals surface area contributed by atoms with E-state index < -0.39 is 0 Å². The van der Waals surface area contributed by atoms with Crippen LogP contribution < -0.4 is 5.32 Å². The highest BCUT2D eigenvalue weighted by Gasteiger charge is 2.27. The summed E-state index contributed by atoms with van der Waals surface area (Å²) >= 11 is 0. The first-order chi connectivity index (χ1) is 18.0. The number of pyridine rings is 1. The van der Waals surface area contributed by atoms with Crippen molar-refractivity contribution < 1.29 is 0 Å². The number of hydrogen-bond acceptors (Lipinski definition) is 3. The van der Waals surface area contributed by atoms with Crippen molar-refractivity contribution >= 4 is 16.6 Å². The van der Waals surface area contributed by atoms with Crippen molar-refractivity contribution in [2.24, 2.45) is 0 Å². The van der Waals surface area contributed by atoms with Crippen molar-refractivity contribution in [2.75, 3.05) is 19.6 Å². The number of benzene rings is 3. The normalized spacial score (nSPS) is 13.0. The second-order valence-electron chi connectivity index (χ2n) is 9.98. The summed E-state index contributed by atoms with van der Waals surface area (Å²) in [5, 5.41) is 5.03. The molecule has 0 saturated heterocycles. The molecule has 0 bridgehead atoms. The molecule has 37 heavy (non-hydrogen) atoms. The zero-order valence-corrected chi connectivity index (χ0v) is 22.9. The van der Waals surface area contributed by atoms with Crippen LogP contribution in [0.3, 0.4) is 0 Å². The Bertz CT molecular complexity index is 1310. The van der Waals surface area contributed by atoms with Crippen LogP contribution in [0.25, 0.3) is 27.9 Å². The first-order valence-corrected chi connectivity index (χ1v) is 13.7. The summed E-state index contributed by atoms with van der Waals surface area (Å²) in [4.78, 5) is 7.71. The average Bonchev–Trinajstić information content (AvgIpc) is 2.95. The molecule has 3 nitrogen and oxygen atoms in total. The summed E-state index contributed by atoms with van der Waals surface area (Å²) in [6.07, 6.45) is 2.97. The van der Waals surface area contributed by atoms with Crippen LogP contribution in [0.5, 0.6) is 0 Å². The lowest BCUT2D eigenvalue weighted by Crippen LogP contribution is -2.37. The molecular formula is C34H41N3. The zero-order valence-electron chi connectivity index (χ0n) is 22.9. The molecule has 1 unspecified atom stereocenters. The molecule has 0 amide bonds. The number of fused-ring (bicyclic) bond motifs is 1. The van der Waals surface area contributed by atoms with Crippen LogP contribution in [-0.4, -0.2) is 29.5 Å². The lowest BCUT2D eigenvalue weighted by molar-refractivity contribution is 0.300. The van der Waals surface area contributed by atoms with Gasteiger partial charge in [-0.3, -0.25) is 0 Å². The van der Waals surface area contributed by atoms with Crippen molar-refractivity contribution in [3.8, 4) is 11.3 Å². The maximum Gasteiger partial charge on any atom is 0.0748 e. The number of aromatic nitrogens is 1. The smallest absolute Gasteiger partial charge is 0.0748 e. The molecular weight excluding hydrogens is 450 g/mol. The number of rotatable bonds is 12. The predicted molar refractivity (Wildman–Crippen MR) is 160 cm³/mol. The van der Waals surface area contributed by atoms with Crippen LogP contribution in [0.4, 0.5) is 0 Å². The zero-order chi connectivity index (χ0) is 26.3. The SMILES string of the molecule is C=C(NC(C)(CC)c1ccccc1)c1c(CCCN(CC)CC)c(-c2ccccc2)nc2ccccc12. The lowest BCUT2D eigenvalue weighted by Gasteiger charge is -2.33. The van der Waals surface area contributed by atoms with Gasteiger partial charge in [0.2, 0.25) is 0 Å². The molecule has 4 rings (SSSR count). The number of hydrogen-bond donors (Lipinski definition) is 1. The summed E-state index contributed by atoms with van der Waals surface area (Å²) in [5.74, 6) is 0. The molecule has 1 aromatic heterocycles. The lowest BCUT2D eigenvalue weighted by atomic mass is 9.87. The predicted octanol–water partition coefficient (Wildman–Crippen LogP) is 8.06. The van der Waals surface area contributed by atoms with Crippen LogP contribution in [-0.2, 0) is 12.0 Å². The summed E-state index contributed by atoms with van der Waals surface area (Å²) in [5.41, 5.74) is 7.69. The van der Waals surface area contributed by atoms with E-state index in [-0.39, 0.29) is 5.54 Å². The Balaban J connectivity index is 1.85. The Kier molecular flexibility index (Phi) is 8.78. The van der Waals surface area contributed by atoms with Crippen LogP contribution in [0.15, 0.2) is 91.5 Å². The molecule has 0 saturated carbocycles. The topological polar surface area (TPSA) is 28.2 Å². The molecule has 0 aliphatic heterocycles. The molecule has 1 heterocycles. The second kappa shape index (κ2) is 12.2. The van der Waals surface area contributed by atoms with Crippen molar-refractivity contribution in [1.82, 2.24) is 15.2 Å². The van der Waals surface area contributed by atoms with Gasteiger partial charge in [0.25, 0.3) is 0 Å². The van der Waals surface area contributed by atoms with Crippen LogP contribution in [0, 0.1) is 0 Å². The summed E-state index contributed by atoms with van der Waals surface area (Å²) in [7, 11) is 0. The Morgan fingerprint density at radius 3 is 2.14 bits per heavy atom. The fraction of sp³-hybridized carbons (Fsp3) is 0.324. The van der Waals surface area contributed by atoms with Crippen molar-refractivity contribution in [1.29, 1.82) is 0 Å². The third kappa shape index (κ3) is 5.94. The first-order valence-electron chi connectivity index (χ1n) is 13.7. The van der Waals surface area contributed by atoms with Crippen molar-refractivity contribution in [3.05, 3.63) is 108 Å². The van der Waals surface area contributed by atoms with Gasteiger partial charge in [0.15, 0.2) is 0 Å². The van der Waals surface area contributed by atoms with Crippen LogP contribution in [0.1, 0.15) is 57.2 Å². The largest absolute Gasteiger partial charge is 0.376 e. The third-order valence-corrected chi connectivity index (χ3v) is 7.68. The van der Waals surface area contributed by atoms with E-state index in [4.69, 9.17) is 4.98 Å². The number of nitrogens with one attached hydrogen (secondary N) is 1.